The zero-order valence-electron chi connectivity index (χ0n) is 16.0. The Balaban J connectivity index is 2.17. The van der Waals surface area contributed by atoms with E-state index in [4.69, 9.17) is 5.73 Å². The number of benzene rings is 1. The summed E-state index contributed by atoms with van der Waals surface area (Å²) in [6.45, 7) is 7.40. The standard InChI is InChI=1S/C19H31N3O3S/c1-19(2,3)15-7-9-17(10-8-15)26(24,25)22-13-5-4-6-16(22)14-21-18(23)11-12-20/h7-10,16H,4-6,11-14,20H2,1-3H3,(H,21,23). The van der Waals surface area contributed by atoms with Crippen molar-refractivity contribution in [2.24, 2.45) is 5.73 Å². The summed E-state index contributed by atoms with van der Waals surface area (Å²) in [6, 6.07) is 6.94. The second-order valence-corrected chi connectivity index (χ2v) is 9.77. The van der Waals surface area contributed by atoms with Crippen molar-refractivity contribution >= 4 is 15.9 Å². The smallest absolute Gasteiger partial charge is 0.243 e. The number of amides is 1. The molecule has 1 unspecified atom stereocenters. The van der Waals surface area contributed by atoms with Gasteiger partial charge in [-0.25, -0.2) is 8.42 Å². The molecule has 146 valence electrons. The Hall–Kier alpha value is -1.44. The highest BCUT2D eigenvalue weighted by Gasteiger charge is 2.33. The zero-order chi connectivity index (χ0) is 19.4. The Morgan fingerprint density at radius 1 is 1.23 bits per heavy atom. The molecule has 1 heterocycles. The van der Waals surface area contributed by atoms with E-state index in [-0.39, 0.29) is 23.8 Å². The number of nitrogens with two attached hydrogens (primary N) is 1. The maximum atomic E-state index is 13.1. The van der Waals surface area contributed by atoms with Gasteiger partial charge in [-0.1, -0.05) is 39.3 Å². The Bertz CT molecular complexity index is 709. The van der Waals surface area contributed by atoms with Crippen LogP contribution in [0.3, 0.4) is 0 Å². The lowest BCUT2D eigenvalue weighted by molar-refractivity contribution is -0.121. The van der Waals surface area contributed by atoms with Crippen LogP contribution in [0.2, 0.25) is 0 Å². The predicted octanol–water partition coefficient (Wildman–Crippen LogP) is 1.99. The second-order valence-electron chi connectivity index (χ2n) is 7.88. The first-order chi connectivity index (χ1) is 12.2. The Morgan fingerprint density at radius 2 is 1.88 bits per heavy atom. The molecule has 3 N–H and O–H groups in total. The number of hydrogen-bond donors (Lipinski definition) is 2. The van der Waals surface area contributed by atoms with Gasteiger partial charge < -0.3 is 11.1 Å². The first kappa shape index (κ1) is 20.9. The monoisotopic (exact) mass is 381 g/mol. The topological polar surface area (TPSA) is 92.5 Å². The molecule has 0 bridgehead atoms. The molecule has 0 spiro atoms. The Kier molecular flexibility index (Phi) is 6.82. The molecule has 1 atom stereocenters. The number of carbonyl (C=O) groups excluding carboxylic acids is 1. The van der Waals surface area contributed by atoms with Gasteiger partial charge in [0.2, 0.25) is 15.9 Å². The number of carbonyl (C=O) groups is 1. The van der Waals surface area contributed by atoms with Crippen LogP contribution in [0.4, 0.5) is 0 Å². The van der Waals surface area contributed by atoms with Crippen LogP contribution in [-0.2, 0) is 20.2 Å². The molecular formula is C19H31N3O3S. The minimum absolute atomic E-state index is 0.0246. The molecule has 1 aliphatic heterocycles. The molecule has 0 aliphatic carbocycles. The highest BCUT2D eigenvalue weighted by Crippen LogP contribution is 2.28. The molecule has 1 aromatic carbocycles. The fourth-order valence-electron chi connectivity index (χ4n) is 3.21. The fraction of sp³-hybridized carbons (Fsp3) is 0.632. The minimum atomic E-state index is -3.58. The molecule has 0 radical (unpaired) electrons. The summed E-state index contributed by atoms with van der Waals surface area (Å²) in [4.78, 5) is 12.0. The van der Waals surface area contributed by atoms with Crippen molar-refractivity contribution in [2.75, 3.05) is 19.6 Å². The summed E-state index contributed by atoms with van der Waals surface area (Å²) in [5, 5.41) is 2.81. The van der Waals surface area contributed by atoms with E-state index in [1.165, 1.54) is 0 Å². The van der Waals surface area contributed by atoms with E-state index in [0.717, 1.165) is 24.8 Å². The van der Waals surface area contributed by atoms with Crippen LogP contribution >= 0.6 is 0 Å². The van der Waals surface area contributed by atoms with E-state index < -0.39 is 10.0 Å². The number of nitrogens with one attached hydrogen (secondary N) is 1. The maximum absolute atomic E-state index is 13.1. The van der Waals surface area contributed by atoms with Crippen molar-refractivity contribution in [3.63, 3.8) is 0 Å². The Labute approximate surface area is 157 Å². The lowest BCUT2D eigenvalue weighted by atomic mass is 9.87. The van der Waals surface area contributed by atoms with Crippen molar-refractivity contribution in [3.8, 4) is 0 Å². The average Bonchev–Trinajstić information content (AvgIpc) is 2.60. The SMILES string of the molecule is CC(C)(C)c1ccc(S(=O)(=O)N2CCCCC2CNC(=O)CCN)cc1. The van der Waals surface area contributed by atoms with Crippen molar-refractivity contribution in [2.45, 2.75) is 62.8 Å². The molecule has 1 saturated heterocycles. The van der Waals surface area contributed by atoms with Crippen molar-refractivity contribution in [3.05, 3.63) is 29.8 Å². The summed E-state index contributed by atoms with van der Waals surface area (Å²) in [6.07, 6.45) is 2.81. The maximum Gasteiger partial charge on any atom is 0.243 e. The van der Waals surface area contributed by atoms with E-state index in [1.807, 2.05) is 12.1 Å². The van der Waals surface area contributed by atoms with Crippen molar-refractivity contribution in [1.82, 2.24) is 9.62 Å². The van der Waals surface area contributed by atoms with Crippen LogP contribution in [0.1, 0.15) is 52.0 Å². The highest BCUT2D eigenvalue weighted by molar-refractivity contribution is 7.89. The second kappa shape index (κ2) is 8.50. The van der Waals surface area contributed by atoms with Crippen LogP contribution < -0.4 is 11.1 Å². The van der Waals surface area contributed by atoms with Gasteiger partial charge in [-0.15, -0.1) is 0 Å². The molecule has 26 heavy (non-hydrogen) atoms. The summed E-state index contributed by atoms with van der Waals surface area (Å²) < 4.78 is 27.8. The number of sulfonamides is 1. The summed E-state index contributed by atoms with van der Waals surface area (Å²) >= 11 is 0. The van der Waals surface area contributed by atoms with Gasteiger partial charge in [-0.05, 0) is 36.0 Å². The van der Waals surface area contributed by atoms with E-state index in [0.29, 0.717) is 24.5 Å². The quantitative estimate of drug-likeness (QED) is 0.788. The van der Waals surface area contributed by atoms with Crippen LogP contribution in [0.25, 0.3) is 0 Å². The zero-order valence-corrected chi connectivity index (χ0v) is 16.8. The molecular weight excluding hydrogens is 350 g/mol. The molecule has 1 amide bonds. The molecule has 7 heteroatoms. The first-order valence-electron chi connectivity index (χ1n) is 9.25. The number of rotatable bonds is 6. The molecule has 0 saturated carbocycles. The molecule has 1 fully saturated rings. The van der Waals surface area contributed by atoms with Gasteiger partial charge in [0.15, 0.2) is 0 Å². The number of hydrogen-bond acceptors (Lipinski definition) is 4. The van der Waals surface area contributed by atoms with Gasteiger partial charge in [0.1, 0.15) is 0 Å². The summed E-state index contributed by atoms with van der Waals surface area (Å²) in [7, 11) is -3.58. The molecule has 0 aromatic heterocycles. The number of nitrogens with zero attached hydrogens (tertiary/aromatic N) is 1. The van der Waals surface area contributed by atoms with Crippen LogP contribution in [0.15, 0.2) is 29.2 Å². The molecule has 1 aromatic rings. The fourth-order valence-corrected chi connectivity index (χ4v) is 4.90. The van der Waals surface area contributed by atoms with E-state index >= 15 is 0 Å². The minimum Gasteiger partial charge on any atom is -0.354 e. The highest BCUT2D eigenvalue weighted by atomic mass is 32.2. The van der Waals surface area contributed by atoms with Gasteiger partial charge >= 0.3 is 0 Å². The van der Waals surface area contributed by atoms with Gasteiger partial charge in [0, 0.05) is 32.1 Å². The van der Waals surface area contributed by atoms with Gasteiger partial charge in [0.05, 0.1) is 4.90 Å². The molecule has 2 rings (SSSR count). The van der Waals surface area contributed by atoms with E-state index in [9.17, 15) is 13.2 Å². The van der Waals surface area contributed by atoms with E-state index in [2.05, 4.69) is 26.1 Å². The third-order valence-electron chi connectivity index (χ3n) is 4.81. The molecule has 6 nitrogen and oxygen atoms in total. The largest absolute Gasteiger partial charge is 0.354 e. The van der Waals surface area contributed by atoms with Gasteiger partial charge in [0.25, 0.3) is 0 Å². The van der Waals surface area contributed by atoms with E-state index in [1.54, 1.807) is 16.4 Å². The lowest BCUT2D eigenvalue weighted by Crippen LogP contribution is -2.49. The summed E-state index contributed by atoms with van der Waals surface area (Å²) in [5.74, 6) is -0.134. The average molecular weight is 382 g/mol. The molecule has 1 aliphatic rings. The van der Waals surface area contributed by atoms with Crippen LogP contribution in [0, 0.1) is 0 Å². The third kappa shape index (κ3) is 5.05. The summed E-state index contributed by atoms with van der Waals surface area (Å²) in [5.41, 5.74) is 6.46. The Morgan fingerprint density at radius 3 is 2.46 bits per heavy atom. The van der Waals surface area contributed by atoms with Gasteiger partial charge in [-0.2, -0.15) is 4.31 Å². The van der Waals surface area contributed by atoms with Crippen molar-refractivity contribution < 1.29 is 13.2 Å². The lowest BCUT2D eigenvalue weighted by Gasteiger charge is -2.35. The third-order valence-corrected chi connectivity index (χ3v) is 6.77. The van der Waals surface area contributed by atoms with Crippen LogP contribution in [0.5, 0.6) is 0 Å². The van der Waals surface area contributed by atoms with Crippen molar-refractivity contribution in [1.29, 1.82) is 0 Å². The van der Waals surface area contributed by atoms with Gasteiger partial charge in [-0.3, -0.25) is 4.79 Å². The first-order valence-corrected chi connectivity index (χ1v) is 10.7. The van der Waals surface area contributed by atoms with Crippen LogP contribution in [-0.4, -0.2) is 44.3 Å². The normalized spacial score (nSPS) is 19.3. The predicted molar refractivity (Wildman–Crippen MR) is 103 cm³/mol. The number of piperidine rings is 1.